The quantitative estimate of drug-likeness (QED) is 0.784. The minimum absolute atomic E-state index is 0.245. The second-order valence-electron chi connectivity index (χ2n) is 3.06. The summed E-state index contributed by atoms with van der Waals surface area (Å²) in [5.41, 5.74) is 0.843. The molecule has 14 heavy (non-hydrogen) atoms. The van der Waals surface area contributed by atoms with Crippen LogP contribution in [0.1, 0.15) is 32.8 Å². The first-order valence-electron chi connectivity index (χ1n) is 5.08. The van der Waals surface area contributed by atoms with E-state index in [-0.39, 0.29) is 5.75 Å². The van der Waals surface area contributed by atoms with E-state index in [4.69, 9.17) is 4.74 Å². The van der Waals surface area contributed by atoms with Crippen LogP contribution < -0.4 is 4.74 Å². The van der Waals surface area contributed by atoms with Gasteiger partial charge >= 0.3 is 0 Å². The fourth-order valence-electron chi connectivity index (χ4n) is 0.904. The number of phenolic OH excluding ortho intramolecular Hbond substituents is 1. The van der Waals surface area contributed by atoms with Crippen molar-refractivity contribution in [2.24, 2.45) is 0 Å². The van der Waals surface area contributed by atoms with E-state index < -0.39 is 0 Å². The largest absolute Gasteiger partial charge is 0.504 e. The molecule has 0 fully saturated rings. The average Bonchev–Trinajstić information content (AvgIpc) is 2.15. The highest BCUT2D eigenvalue weighted by Crippen LogP contribution is 2.28. The van der Waals surface area contributed by atoms with Crippen LogP contribution >= 0.6 is 0 Å². The van der Waals surface area contributed by atoms with Gasteiger partial charge in [-0.2, -0.15) is 0 Å². The van der Waals surface area contributed by atoms with E-state index in [1.807, 2.05) is 26.0 Å². The van der Waals surface area contributed by atoms with Crippen LogP contribution in [0.4, 0.5) is 0 Å². The summed E-state index contributed by atoms with van der Waals surface area (Å²) in [7, 11) is 0. The van der Waals surface area contributed by atoms with Gasteiger partial charge in [0, 0.05) is 0 Å². The molecule has 0 amide bonds. The number of ether oxygens (including phenoxy) is 1. The van der Waals surface area contributed by atoms with Crippen LogP contribution in [-0.4, -0.2) is 11.7 Å². The molecule has 0 aliphatic carbocycles. The molecular formula is C12H20O2. The van der Waals surface area contributed by atoms with Crippen molar-refractivity contribution in [3.05, 3.63) is 23.8 Å². The lowest BCUT2D eigenvalue weighted by molar-refractivity contribution is 0.317. The molecule has 0 aliphatic rings. The Morgan fingerprint density at radius 1 is 1.21 bits per heavy atom. The molecule has 1 aromatic rings. The third-order valence-electron chi connectivity index (χ3n) is 1.50. The van der Waals surface area contributed by atoms with Gasteiger partial charge in [-0.25, -0.2) is 0 Å². The summed E-state index contributed by atoms with van der Waals surface area (Å²) in [5, 5.41) is 9.40. The first-order valence-corrected chi connectivity index (χ1v) is 5.08. The van der Waals surface area contributed by atoms with Crippen molar-refractivity contribution in [3.8, 4) is 11.5 Å². The molecule has 0 saturated heterocycles. The van der Waals surface area contributed by atoms with Gasteiger partial charge in [0.15, 0.2) is 11.5 Å². The topological polar surface area (TPSA) is 29.5 Å². The molecule has 0 atom stereocenters. The Hall–Kier alpha value is -1.18. The van der Waals surface area contributed by atoms with Crippen LogP contribution in [0.15, 0.2) is 18.2 Å². The summed E-state index contributed by atoms with van der Waals surface area (Å²) < 4.78 is 5.17. The summed E-state index contributed by atoms with van der Waals surface area (Å²) in [4.78, 5) is 0. The molecular weight excluding hydrogens is 176 g/mol. The SMILES string of the molecule is CCC.CCOc1cccc(C)c1O. The lowest BCUT2D eigenvalue weighted by Gasteiger charge is -2.06. The number of benzene rings is 1. The zero-order valence-electron chi connectivity index (χ0n) is 9.50. The van der Waals surface area contributed by atoms with Crippen molar-refractivity contribution in [1.82, 2.24) is 0 Å². The van der Waals surface area contributed by atoms with Gasteiger partial charge in [-0.3, -0.25) is 0 Å². The molecule has 0 radical (unpaired) electrons. The highest BCUT2D eigenvalue weighted by atomic mass is 16.5. The van der Waals surface area contributed by atoms with E-state index in [1.165, 1.54) is 6.42 Å². The van der Waals surface area contributed by atoms with Gasteiger partial charge in [-0.1, -0.05) is 32.4 Å². The lowest BCUT2D eigenvalue weighted by atomic mass is 10.2. The standard InChI is InChI=1S/C9H12O2.C3H8/c1-3-11-8-6-4-5-7(2)9(8)10;1-3-2/h4-6,10H,3H2,1-2H3;3H2,1-2H3. The smallest absolute Gasteiger partial charge is 0.161 e. The minimum Gasteiger partial charge on any atom is -0.504 e. The Balaban J connectivity index is 0.000000500. The normalized spacial score (nSPS) is 8.86. The minimum atomic E-state index is 0.245. The molecule has 2 nitrogen and oxygen atoms in total. The van der Waals surface area contributed by atoms with Crippen molar-refractivity contribution in [2.45, 2.75) is 34.1 Å². The van der Waals surface area contributed by atoms with Gasteiger partial charge in [0.25, 0.3) is 0 Å². The second-order valence-corrected chi connectivity index (χ2v) is 3.06. The van der Waals surface area contributed by atoms with Crippen molar-refractivity contribution in [3.63, 3.8) is 0 Å². The molecule has 80 valence electrons. The van der Waals surface area contributed by atoms with Crippen LogP contribution in [-0.2, 0) is 0 Å². The Morgan fingerprint density at radius 3 is 2.29 bits per heavy atom. The van der Waals surface area contributed by atoms with Crippen LogP contribution in [0, 0.1) is 6.92 Å². The summed E-state index contributed by atoms with van der Waals surface area (Å²) in [6.45, 7) is 8.57. The van der Waals surface area contributed by atoms with E-state index in [0.717, 1.165) is 5.56 Å². The Kier molecular flexibility index (Phi) is 6.63. The van der Waals surface area contributed by atoms with E-state index in [0.29, 0.717) is 12.4 Å². The summed E-state index contributed by atoms with van der Waals surface area (Å²) in [5.74, 6) is 0.807. The molecule has 1 N–H and O–H groups in total. The molecule has 1 rings (SSSR count). The van der Waals surface area contributed by atoms with E-state index in [1.54, 1.807) is 6.07 Å². The Labute approximate surface area is 86.5 Å². The van der Waals surface area contributed by atoms with Gasteiger partial charge < -0.3 is 9.84 Å². The summed E-state index contributed by atoms with van der Waals surface area (Å²) in [6, 6.07) is 5.46. The van der Waals surface area contributed by atoms with Gasteiger partial charge in [0.2, 0.25) is 0 Å². The number of phenols is 1. The maximum atomic E-state index is 9.40. The number of aromatic hydroxyl groups is 1. The van der Waals surface area contributed by atoms with Gasteiger partial charge in [0.1, 0.15) is 0 Å². The second kappa shape index (κ2) is 7.25. The Bertz CT molecular complexity index is 256. The number of hydrogen-bond acceptors (Lipinski definition) is 2. The van der Waals surface area contributed by atoms with Gasteiger partial charge in [-0.15, -0.1) is 0 Å². The molecule has 0 aliphatic heterocycles. The first kappa shape index (κ1) is 12.8. The fraction of sp³-hybridized carbons (Fsp3) is 0.500. The number of para-hydroxylation sites is 1. The molecule has 2 heteroatoms. The molecule has 0 spiro atoms. The molecule has 0 saturated carbocycles. The third-order valence-corrected chi connectivity index (χ3v) is 1.50. The van der Waals surface area contributed by atoms with E-state index >= 15 is 0 Å². The van der Waals surface area contributed by atoms with Gasteiger partial charge in [0.05, 0.1) is 6.61 Å². The first-order chi connectivity index (χ1) is 6.67. The summed E-state index contributed by atoms with van der Waals surface area (Å²) in [6.07, 6.45) is 1.25. The monoisotopic (exact) mass is 196 g/mol. The molecule has 0 heterocycles. The predicted octanol–water partition coefficient (Wildman–Crippen LogP) is 3.52. The fourth-order valence-corrected chi connectivity index (χ4v) is 0.904. The van der Waals surface area contributed by atoms with Gasteiger partial charge in [-0.05, 0) is 25.5 Å². The molecule has 1 aromatic carbocycles. The molecule has 0 unspecified atom stereocenters. The number of rotatable bonds is 2. The predicted molar refractivity (Wildman–Crippen MR) is 60.0 cm³/mol. The third kappa shape index (κ3) is 4.17. The highest BCUT2D eigenvalue weighted by molar-refractivity contribution is 5.44. The van der Waals surface area contributed by atoms with Crippen LogP contribution in [0.25, 0.3) is 0 Å². The van der Waals surface area contributed by atoms with E-state index in [2.05, 4.69) is 13.8 Å². The van der Waals surface area contributed by atoms with Crippen LogP contribution in [0.5, 0.6) is 11.5 Å². The maximum Gasteiger partial charge on any atom is 0.161 e. The zero-order chi connectivity index (χ0) is 11.0. The Morgan fingerprint density at radius 2 is 1.79 bits per heavy atom. The summed E-state index contributed by atoms with van der Waals surface area (Å²) >= 11 is 0. The lowest BCUT2D eigenvalue weighted by Crippen LogP contribution is -1.91. The van der Waals surface area contributed by atoms with Crippen molar-refractivity contribution in [2.75, 3.05) is 6.61 Å². The molecule has 0 bridgehead atoms. The van der Waals surface area contributed by atoms with Crippen LogP contribution in [0.3, 0.4) is 0 Å². The van der Waals surface area contributed by atoms with Crippen molar-refractivity contribution >= 4 is 0 Å². The van der Waals surface area contributed by atoms with E-state index in [9.17, 15) is 5.11 Å². The van der Waals surface area contributed by atoms with Crippen molar-refractivity contribution < 1.29 is 9.84 Å². The number of aryl methyl sites for hydroxylation is 1. The number of hydrogen-bond donors (Lipinski definition) is 1. The zero-order valence-corrected chi connectivity index (χ0v) is 9.50. The van der Waals surface area contributed by atoms with Crippen LogP contribution in [0.2, 0.25) is 0 Å². The maximum absolute atomic E-state index is 9.40. The average molecular weight is 196 g/mol. The van der Waals surface area contributed by atoms with Crippen molar-refractivity contribution in [1.29, 1.82) is 0 Å². The molecule has 0 aromatic heterocycles. The highest BCUT2D eigenvalue weighted by Gasteiger charge is 2.01.